The monoisotopic (exact) mass is 490 g/mol. The van der Waals surface area contributed by atoms with Crippen molar-refractivity contribution in [2.45, 2.75) is 26.7 Å². The molecule has 8 heteroatoms. The zero-order valence-electron chi connectivity index (χ0n) is 16.1. The quantitative estimate of drug-likeness (QED) is 0.128. The number of rotatable bonds is 9. The van der Waals surface area contributed by atoms with Crippen LogP contribution in [0.15, 0.2) is 17.1 Å². The molecule has 7 nitrogen and oxygen atoms in total. The van der Waals surface area contributed by atoms with Crippen LogP contribution in [0.5, 0.6) is 0 Å². The molecule has 1 saturated carbocycles. The molecule has 1 saturated heterocycles. The Labute approximate surface area is 178 Å². The number of fused-ring (bicyclic) bond motifs is 5. The van der Waals surface area contributed by atoms with E-state index in [4.69, 9.17) is 4.74 Å². The number of aliphatic imine (C=N–C) groups is 1. The van der Waals surface area contributed by atoms with Crippen molar-refractivity contribution in [2.24, 2.45) is 28.7 Å². The highest BCUT2D eigenvalue weighted by Gasteiger charge is 2.58. The maximum atomic E-state index is 12.6. The number of allylic oxidation sites excluding steroid dienone is 2. The van der Waals surface area contributed by atoms with Crippen LogP contribution in [0.25, 0.3) is 0 Å². The maximum Gasteiger partial charge on any atom is 0.233 e. The molecule has 2 amide bonds. The molecule has 3 rings (SSSR count). The van der Waals surface area contributed by atoms with Gasteiger partial charge in [0.2, 0.25) is 11.8 Å². The first-order valence-corrected chi connectivity index (χ1v) is 9.80. The van der Waals surface area contributed by atoms with Gasteiger partial charge < -0.3 is 15.4 Å². The number of guanidine groups is 1. The highest BCUT2D eigenvalue weighted by Crippen LogP contribution is 2.52. The summed E-state index contributed by atoms with van der Waals surface area (Å²) in [5.74, 6) is 1.04. The summed E-state index contributed by atoms with van der Waals surface area (Å²) < 4.78 is 5.31. The predicted octanol–water partition coefficient (Wildman–Crippen LogP) is 1.39. The van der Waals surface area contributed by atoms with E-state index in [0.717, 1.165) is 26.0 Å². The van der Waals surface area contributed by atoms with Gasteiger partial charge >= 0.3 is 0 Å². The number of amides is 2. The van der Waals surface area contributed by atoms with Crippen molar-refractivity contribution in [3.8, 4) is 0 Å². The Morgan fingerprint density at radius 2 is 1.85 bits per heavy atom. The molecule has 1 heterocycles. The van der Waals surface area contributed by atoms with Gasteiger partial charge in [0.05, 0.1) is 11.8 Å². The van der Waals surface area contributed by atoms with Gasteiger partial charge in [0.25, 0.3) is 0 Å². The summed E-state index contributed by atoms with van der Waals surface area (Å²) in [5.41, 5.74) is 0. The SMILES string of the molecule is CCNC(=NCCCOCC)NCCN1C(=O)C2C3C=CC(C3)C2C1=O.I. The van der Waals surface area contributed by atoms with Crippen molar-refractivity contribution >= 4 is 41.8 Å². The normalized spacial score (nSPS) is 28.5. The van der Waals surface area contributed by atoms with Crippen LogP contribution < -0.4 is 10.6 Å². The summed E-state index contributed by atoms with van der Waals surface area (Å²) >= 11 is 0. The number of likely N-dealkylation sites (tertiary alicyclic amines) is 1. The molecule has 0 aromatic rings. The van der Waals surface area contributed by atoms with Crippen LogP contribution in [0.2, 0.25) is 0 Å². The largest absolute Gasteiger partial charge is 0.382 e. The fourth-order valence-corrected chi connectivity index (χ4v) is 4.31. The van der Waals surface area contributed by atoms with Gasteiger partial charge in [0.15, 0.2) is 5.96 Å². The third-order valence-corrected chi connectivity index (χ3v) is 5.45. The van der Waals surface area contributed by atoms with Crippen molar-refractivity contribution in [3.63, 3.8) is 0 Å². The lowest BCUT2D eigenvalue weighted by Gasteiger charge is -2.18. The van der Waals surface area contributed by atoms with Gasteiger partial charge in [-0.2, -0.15) is 0 Å². The van der Waals surface area contributed by atoms with Crippen LogP contribution in [0, 0.1) is 23.7 Å². The fourth-order valence-electron chi connectivity index (χ4n) is 4.31. The summed E-state index contributed by atoms with van der Waals surface area (Å²) in [7, 11) is 0. The molecule has 0 aromatic carbocycles. The number of imide groups is 1. The first-order valence-electron chi connectivity index (χ1n) is 9.80. The summed E-state index contributed by atoms with van der Waals surface area (Å²) in [4.78, 5) is 31.2. The lowest BCUT2D eigenvalue weighted by molar-refractivity contribution is -0.140. The molecular formula is C19H31IN4O3. The zero-order chi connectivity index (χ0) is 18.5. The third-order valence-electron chi connectivity index (χ3n) is 5.45. The van der Waals surface area contributed by atoms with Gasteiger partial charge in [-0.15, -0.1) is 24.0 Å². The van der Waals surface area contributed by atoms with Crippen LogP contribution in [0.3, 0.4) is 0 Å². The van der Waals surface area contributed by atoms with E-state index in [0.29, 0.717) is 32.2 Å². The molecule has 27 heavy (non-hydrogen) atoms. The van der Waals surface area contributed by atoms with Gasteiger partial charge in [0.1, 0.15) is 0 Å². The molecule has 3 aliphatic rings. The van der Waals surface area contributed by atoms with Crippen molar-refractivity contribution in [2.75, 3.05) is 39.4 Å². The van der Waals surface area contributed by atoms with E-state index in [1.165, 1.54) is 4.90 Å². The van der Waals surface area contributed by atoms with Gasteiger partial charge in [-0.05, 0) is 38.5 Å². The molecule has 4 atom stereocenters. The Morgan fingerprint density at radius 3 is 2.44 bits per heavy atom. The van der Waals surface area contributed by atoms with E-state index in [9.17, 15) is 9.59 Å². The number of hydrogen-bond donors (Lipinski definition) is 2. The van der Waals surface area contributed by atoms with Crippen LogP contribution in [-0.2, 0) is 14.3 Å². The second-order valence-electron chi connectivity index (χ2n) is 7.07. The highest BCUT2D eigenvalue weighted by molar-refractivity contribution is 14.0. The molecule has 0 aromatic heterocycles. The summed E-state index contributed by atoms with van der Waals surface area (Å²) in [6.45, 7) is 7.76. The number of nitrogens with one attached hydrogen (secondary N) is 2. The Balaban J connectivity index is 0.00000261. The Morgan fingerprint density at radius 1 is 1.19 bits per heavy atom. The van der Waals surface area contributed by atoms with Crippen LogP contribution >= 0.6 is 24.0 Å². The van der Waals surface area contributed by atoms with Crippen molar-refractivity contribution in [3.05, 3.63) is 12.2 Å². The third kappa shape index (κ3) is 4.82. The molecule has 2 N–H and O–H groups in total. The topological polar surface area (TPSA) is 83.0 Å². The van der Waals surface area contributed by atoms with Gasteiger partial charge in [-0.1, -0.05) is 12.2 Å². The van der Waals surface area contributed by atoms with Crippen LogP contribution in [0.4, 0.5) is 0 Å². The minimum absolute atomic E-state index is 0. The van der Waals surface area contributed by atoms with E-state index >= 15 is 0 Å². The van der Waals surface area contributed by atoms with Crippen LogP contribution in [0.1, 0.15) is 26.7 Å². The van der Waals surface area contributed by atoms with Crippen molar-refractivity contribution in [1.82, 2.24) is 15.5 Å². The fraction of sp³-hybridized carbons (Fsp3) is 0.737. The van der Waals surface area contributed by atoms with E-state index < -0.39 is 0 Å². The maximum absolute atomic E-state index is 12.6. The molecular weight excluding hydrogens is 459 g/mol. The molecule has 0 radical (unpaired) electrons. The van der Waals surface area contributed by atoms with Crippen molar-refractivity contribution < 1.29 is 14.3 Å². The molecule has 152 valence electrons. The van der Waals surface area contributed by atoms with E-state index in [-0.39, 0.29) is 59.5 Å². The lowest BCUT2D eigenvalue weighted by atomic mass is 9.85. The average molecular weight is 490 g/mol. The van der Waals surface area contributed by atoms with Gasteiger partial charge in [-0.25, -0.2) is 0 Å². The number of ether oxygens (including phenoxy) is 1. The Hall–Kier alpha value is -1.16. The van der Waals surface area contributed by atoms with E-state index in [2.05, 4.69) is 27.8 Å². The lowest BCUT2D eigenvalue weighted by Crippen LogP contribution is -2.43. The van der Waals surface area contributed by atoms with Gasteiger partial charge in [0, 0.05) is 39.4 Å². The number of carbonyl (C=O) groups excluding carboxylic acids is 2. The number of halogens is 1. The molecule has 1 aliphatic heterocycles. The number of hydrogen-bond acceptors (Lipinski definition) is 4. The van der Waals surface area contributed by atoms with Crippen LogP contribution in [-0.4, -0.2) is 62.1 Å². The second-order valence-corrected chi connectivity index (χ2v) is 7.07. The summed E-state index contributed by atoms with van der Waals surface area (Å²) in [6, 6.07) is 0. The average Bonchev–Trinajstić information content (AvgIpc) is 3.31. The summed E-state index contributed by atoms with van der Waals surface area (Å²) in [6.07, 6.45) is 6.08. The standard InChI is InChI=1S/C19H30N4O3.HI/c1-3-20-19(21-8-5-11-26-4-2)22-9-10-23-17(24)15-13-6-7-14(12-13)16(15)18(23)25;/h6-7,13-16H,3-5,8-12H2,1-2H3,(H2,20,21,22);1H. The molecule has 2 aliphatic carbocycles. The van der Waals surface area contributed by atoms with Crippen molar-refractivity contribution in [1.29, 1.82) is 0 Å². The smallest absolute Gasteiger partial charge is 0.233 e. The van der Waals surface area contributed by atoms with Gasteiger partial charge in [-0.3, -0.25) is 19.5 Å². The highest BCUT2D eigenvalue weighted by atomic mass is 127. The molecule has 2 bridgehead atoms. The molecule has 4 unspecified atom stereocenters. The summed E-state index contributed by atoms with van der Waals surface area (Å²) in [5, 5.41) is 6.40. The number of nitrogens with zero attached hydrogens (tertiary/aromatic N) is 2. The minimum atomic E-state index is -0.113. The molecule has 2 fully saturated rings. The number of carbonyl (C=O) groups is 2. The predicted molar refractivity (Wildman–Crippen MR) is 115 cm³/mol. The molecule has 0 spiro atoms. The second kappa shape index (κ2) is 10.4. The minimum Gasteiger partial charge on any atom is -0.382 e. The van der Waals surface area contributed by atoms with E-state index in [1.54, 1.807) is 0 Å². The Bertz CT molecular complexity index is 566. The Kier molecular flexibility index (Phi) is 8.53. The van der Waals surface area contributed by atoms with E-state index in [1.807, 2.05) is 13.8 Å². The first-order chi connectivity index (χ1) is 12.7. The zero-order valence-corrected chi connectivity index (χ0v) is 18.5. The first kappa shape index (κ1) is 22.1.